The van der Waals surface area contributed by atoms with Gasteiger partial charge in [-0.05, 0) is 43.0 Å². The fourth-order valence-corrected chi connectivity index (χ4v) is 2.95. The molecule has 2 N–H and O–H groups in total. The first kappa shape index (κ1) is 13.7. The molecule has 1 aromatic heterocycles. The van der Waals surface area contributed by atoms with Crippen LogP contribution in [0.15, 0.2) is 24.4 Å². The van der Waals surface area contributed by atoms with E-state index in [-0.39, 0.29) is 5.91 Å². The van der Waals surface area contributed by atoms with Crippen LogP contribution in [0, 0.1) is 0 Å². The number of rotatable bonds is 2. The fourth-order valence-electron chi connectivity index (χ4n) is 2.95. The molecule has 0 unspecified atom stereocenters. The summed E-state index contributed by atoms with van der Waals surface area (Å²) >= 11 is 0. The Kier molecular flexibility index (Phi) is 3.41. The summed E-state index contributed by atoms with van der Waals surface area (Å²) in [5, 5.41) is 4.36. The summed E-state index contributed by atoms with van der Waals surface area (Å²) in [5.74, 6) is 0.0330. The molecule has 0 saturated carbocycles. The van der Waals surface area contributed by atoms with E-state index in [1.54, 1.807) is 4.68 Å². The number of benzene rings is 1. The Labute approximate surface area is 124 Å². The van der Waals surface area contributed by atoms with Gasteiger partial charge in [-0.25, -0.2) is 0 Å². The maximum Gasteiger partial charge on any atom is 0.261 e. The largest absolute Gasteiger partial charge is 0.399 e. The number of amides is 1. The van der Waals surface area contributed by atoms with Crippen molar-refractivity contribution >= 4 is 17.3 Å². The standard InChI is InChI=1S/C16H20N4O/c1-3-14-13(10-19(2)18-14)16(21)20-8-4-5-11-9-12(17)6-7-15(11)20/h6-7,9-10H,3-5,8,17H2,1-2H3. The first-order valence-electron chi connectivity index (χ1n) is 7.33. The van der Waals surface area contributed by atoms with Gasteiger partial charge in [0.15, 0.2) is 0 Å². The zero-order valence-corrected chi connectivity index (χ0v) is 12.5. The molecular weight excluding hydrogens is 264 g/mol. The van der Waals surface area contributed by atoms with E-state index in [1.807, 2.05) is 43.3 Å². The van der Waals surface area contributed by atoms with Crippen molar-refractivity contribution in [3.63, 3.8) is 0 Å². The van der Waals surface area contributed by atoms with Crippen molar-refractivity contribution in [3.8, 4) is 0 Å². The molecule has 0 radical (unpaired) electrons. The number of fused-ring (bicyclic) bond motifs is 1. The summed E-state index contributed by atoms with van der Waals surface area (Å²) in [6.07, 6.45) is 4.50. The number of nitrogens with zero attached hydrogens (tertiary/aromatic N) is 3. The van der Waals surface area contributed by atoms with Gasteiger partial charge < -0.3 is 10.6 Å². The van der Waals surface area contributed by atoms with E-state index in [2.05, 4.69) is 5.10 Å². The monoisotopic (exact) mass is 284 g/mol. The van der Waals surface area contributed by atoms with Crippen LogP contribution in [0.25, 0.3) is 0 Å². The lowest BCUT2D eigenvalue weighted by molar-refractivity contribution is 0.0984. The second kappa shape index (κ2) is 5.24. The van der Waals surface area contributed by atoms with Gasteiger partial charge in [0.2, 0.25) is 0 Å². The number of hydrogen-bond donors (Lipinski definition) is 1. The number of nitrogens with two attached hydrogens (primary N) is 1. The fraction of sp³-hybridized carbons (Fsp3) is 0.375. The number of nitrogen functional groups attached to an aromatic ring is 1. The Balaban J connectivity index is 2.00. The topological polar surface area (TPSA) is 64.2 Å². The lowest BCUT2D eigenvalue weighted by Gasteiger charge is -2.29. The Bertz CT molecular complexity index is 690. The minimum atomic E-state index is 0.0330. The molecule has 0 aliphatic carbocycles. The molecular formula is C16H20N4O. The molecule has 1 amide bonds. The normalized spacial score (nSPS) is 14.1. The summed E-state index contributed by atoms with van der Waals surface area (Å²) in [7, 11) is 1.85. The number of anilines is 2. The van der Waals surface area contributed by atoms with Crippen LogP contribution in [0.5, 0.6) is 0 Å². The average molecular weight is 284 g/mol. The summed E-state index contributed by atoms with van der Waals surface area (Å²) in [5.41, 5.74) is 10.3. The molecule has 21 heavy (non-hydrogen) atoms. The van der Waals surface area contributed by atoms with Gasteiger partial charge >= 0.3 is 0 Å². The summed E-state index contributed by atoms with van der Waals surface area (Å²) in [6, 6.07) is 5.77. The third-order valence-electron chi connectivity index (χ3n) is 3.94. The van der Waals surface area contributed by atoms with Crippen molar-refractivity contribution in [2.45, 2.75) is 26.2 Å². The van der Waals surface area contributed by atoms with E-state index >= 15 is 0 Å². The predicted octanol–water partition coefficient (Wildman–Crippen LogP) is 2.16. The van der Waals surface area contributed by atoms with Crippen molar-refractivity contribution in [2.75, 3.05) is 17.2 Å². The van der Waals surface area contributed by atoms with Crippen LogP contribution < -0.4 is 10.6 Å². The SMILES string of the molecule is CCc1nn(C)cc1C(=O)N1CCCc2cc(N)ccc21. The van der Waals surface area contributed by atoms with Gasteiger partial charge in [-0.15, -0.1) is 0 Å². The van der Waals surface area contributed by atoms with Crippen LogP contribution >= 0.6 is 0 Å². The van der Waals surface area contributed by atoms with Crippen molar-refractivity contribution < 1.29 is 4.79 Å². The molecule has 2 aromatic rings. The van der Waals surface area contributed by atoms with Gasteiger partial charge in [-0.1, -0.05) is 6.92 Å². The van der Waals surface area contributed by atoms with E-state index in [0.717, 1.165) is 48.4 Å². The molecule has 0 spiro atoms. The van der Waals surface area contributed by atoms with E-state index < -0.39 is 0 Å². The predicted molar refractivity (Wildman–Crippen MR) is 83.4 cm³/mol. The average Bonchev–Trinajstić information content (AvgIpc) is 2.86. The van der Waals surface area contributed by atoms with Crippen LogP contribution in [0.4, 0.5) is 11.4 Å². The Morgan fingerprint density at radius 3 is 3.00 bits per heavy atom. The first-order chi connectivity index (χ1) is 10.1. The van der Waals surface area contributed by atoms with Crippen LogP contribution in [0.2, 0.25) is 0 Å². The Hall–Kier alpha value is -2.30. The smallest absolute Gasteiger partial charge is 0.261 e. The van der Waals surface area contributed by atoms with Gasteiger partial charge in [0.1, 0.15) is 0 Å². The van der Waals surface area contributed by atoms with Gasteiger partial charge in [0.05, 0.1) is 11.3 Å². The number of aromatic nitrogens is 2. The summed E-state index contributed by atoms with van der Waals surface area (Å²) < 4.78 is 1.71. The molecule has 3 rings (SSSR count). The van der Waals surface area contributed by atoms with Gasteiger partial charge in [-0.2, -0.15) is 5.10 Å². The van der Waals surface area contributed by atoms with Crippen LogP contribution in [-0.4, -0.2) is 22.2 Å². The lowest BCUT2D eigenvalue weighted by Crippen LogP contribution is -2.35. The Morgan fingerprint density at radius 1 is 1.43 bits per heavy atom. The number of carbonyl (C=O) groups is 1. The van der Waals surface area contributed by atoms with Crippen LogP contribution in [0.1, 0.15) is 35.0 Å². The molecule has 110 valence electrons. The highest BCUT2D eigenvalue weighted by Crippen LogP contribution is 2.30. The molecule has 1 aromatic carbocycles. The van der Waals surface area contributed by atoms with E-state index in [9.17, 15) is 4.79 Å². The van der Waals surface area contributed by atoms with E-state index in [0.29, 0.717) is 5.56 Å². The van der Waals surface area contributed by atoms with Gasteiger partial charge in [-0.3, -0.25) is 9.48 Å². The molecule has 1 aliphatic rings. The molecule has 1 aliphatic heterocycles. The second-order valence-corrected chi connectivity index (χ2v) is 5.47. The molecule has 0 fully saturated rings. The van der Waals surface area contributed by atoms with Crippen molar-refractivity contribution in [1.29, 1.82) is 0 Å². The highest BCUT2D eigenvalue weighted by molar-refractivity contribution is 6.07. The first-order valence-corrected chi connectivity index (χ1v) is 7.33. The molecule has 5 heteroatoms. The second-order valence-electron chi connectivity index (χ2n) is 5.47. The minimum absolute atomic E-state index is 0.0330. The van der Waals surface area contributed by atoms with E-state index in [1.165, 1.54) is 0 Å². The number of carbonyl (C=O) groups excluding carboxylic acids is 1. The number of aryl methyl sites for hydroxylation is 3. The summed E-state index contributed by atoms with van der Waals surface area (Å²) in [6.45, 7) is 2.76. The zero-order valence-electron chi connectivity index (χ0n) is 12.5. The van der Waals surface area contributed by atoms with Crippen molar-refractivity contribution in [3.05, 3.63) is 41.2 Å². The number of hydrogen-bond acceptors (Lipinski definition) is 3. The van der Waals surface area contributed by atoms with E-state index in [4.69, 9.17) is 5.73 Å². The van der Waals surface area contributed by atoms with Crippen molar-refractivity contribution in [1.82, 2.24) is 9.78 Å². The maximum absolute atomic E-state index is 12.9. The lowest BCUT2D eigenvalue weighted by atomic mass is 10.00. The molecule has 5 nitrogen and oxygen atoms in total. The van der Waals surface area contributed by atoms with Gasteiger partial charge in [0, 0.05) is 31.2 Å². The minimum Gasteiger partial charge on any atom is -0.399 e. The molecule has 0 saturated heterocycles. The molecule has 2 heterocycles. The highest BCUT2D eigenvalue weighted by Gasteiger charge is 2.26. The van der Waals surface area contributed by atoms with Crippen LogP contribution in [0.3, 0.4) is 0 Å². The third kappa shape index (κ3) is 2.39. The third-order valence-corrected chi connectivity index (χ3v) is 3.94. The van der Waals surface area contributed by atoms with Gasteiger partial charge in [0.25, 0.3) is 5.91 Å². The molecule has 0 bridgehead atoms. The quantitative estimate of drug-likeness (QED) is 0.859. The highest BCUT2D eigenvalue weighted by atomic mass is 16.2. The maximum atomic E-state index is 12.9. The molecule has 0 atom stereocenters. The Morgan fingerprint density at radius 2 is 2.24 bits per heavy atom. The van der Waals surface area contributed by atoms with Crippen LogP contribution in [-0.2, 0) is 19.9 Å². The zero-order chi connectivity index (χ0) is 15.0. The van der Waals surface area contributed by atoms with Crippen molar-refractivity contribution in [2.24, 2.45) is 7.05 Å². The summed E-state index contributed by atoms with van der Waals surface area (Å²) in [4.78, 5) is 14.7.